The summed E-state index contributed by atoms with van der Waals surface area (Å²) in [6.45, 7) is 0. The summed E-state index contributed by atoms with van der Waals surface area (Å²) in [5.74, 6) is -0.572. The SMILES string of the molecule is NC(=O)c1cc(Sc2ncccc2Br)ncc1N. The molecule has 0 atom stereocenters. The number of carbonyl (C=O) groups excluding carboxylic acids is 1. The van der Waals surface area contributed by atoms with Crippen molar-refractivity contribution >= 4 is 39.3 Å². The highest BCUT2D eigenvalue weighted by atomic mass is 79.9. The normalized spacial score (nSPS) is 10.3. The molecule has 0 aromatic carbocycles. The minimum Gasteiger partial charge on any atom is -0.397 e. The molecule has 0 bridgehead atoms. The molecule has 1 amide bonds. The molecule has 2 heterocycles. The van der Waals surface area contributed by atoms with E-state index in [4.69, 9.17) is 11.5 Å². The highest BCUT2D eigenvalue weighted by molar-refractivity contribution is 9.10. The first-order valence-electron chi connectivity index (χ1n) is 4.91. The number of halogens is 1. The van der Waals surface area contributed by atoms with Crippen LogP contribution in [0.15, 0.2) is 45.1 Å². The highest BCUT2D eigenvalue weighted by Gasteiger charge is 2.10. The van der Waals surface area contributed by atoms with Crippen LogP contribution >= 0.6 is 27.7 Å². The van der Waals surface area contributed by atoms with Gasteiger partial charge in [0.05, 0.1) is 21.9 Å². The van der Waals surface area contributed by atoms with E-state index in [1.165, 1.54) is 18.0 Å². The van der Waals surface area contributed by atoms with Gasteiger partial charge in [0.25, 0.3) is 5.91 Å². The number of rotatable bonds is 3. The van der Waals surface area contributed by atoms with E-state index >= 15 is 0 Å². The van der Waals surface area contributed by atoms with Crippen LogP contribution in [0.2, 0.25) is 0 Å². The van der Waals surface area contributed by atoms with Crippen molar-refractivity contribution in [3.63, 3.8) is 0 Å². The predicted octanol–water partition coefficient (Wildman–Crippen LogP) is 2.07. The average Bonchev–Trinajstić information content (AvgIpc) is 2.34. The molecule has 92 valence electrons. The Balaban J connectivity index is 2.33. The molecule has 0 saturated carbocycles. The van der Waals surface area contributed by atoms with E-state index < -0.39 is 5.91 Å². The van der Waals surface area contributed by atoms with Crippen LogP contribution in [0.1, 0.15) is 10.4 Å². The topological polar surface area (TPSA) is 94.9 Å². The second-order valence-corrected chi connectivity index (χ2v) is 5.23. The van der Waals surface area contributed by atoms with Gasteiger partial charge in [-0.25, -0.2) is 9.97 Å². The lowest BCUT2D eigenvalue weighted by atomic mass is 10.2. The molecule has 0 aliphatic rings. The van der Waals surface area contributed by atoms with Gasteiger partial charge in [0.2, 0.25) is 0 Å². The highest BCUT2D eigenvalue weighted by Crippen LogP contribution is 2.31. The molecular formula is C11H9BrN4OS. The number of aromatic nitrogens is 2. The minimum absolute atomic E-state index is 0.263. The summed E-state index contributed by atoms with van der Waals surface area (Å²) in [4.78, 5) is 19.5. The van der Waals surface area contributed by atoms with Gasteiger partial charge in [-0.05, 0) is 45.9 Å². The predicted molar refractivity (Wildman–Crippen MR) is 73.2 cm³/mol. The Labute approximate surface area is 116 Å². The fourth-order valence-corrected chi connectivity index (χ4v) is 2.52. The first-order chi connectivity index (χ1) is 8.58. The second-order valence-electron chi connectivity index (χ2n) is 3.37. The van der Waals surface area contributed by atoms with E-state index in [-0.39, 0.29) is 11.3 Å². The molecule has 0 spiro atoms. The monoisotopic (exact) mass is 324 g/mol. The van der Waals surface area contributed by atoms with Crippen LogP contribution in [0.3, 0.4) is 0 Å². The van der Waals surface area contributed by atoms with E-state index in [0.29, 0.717) is 5.03 Å². The molecule has 0 aliphatic heterocycles. The van der Waals surface area contributed by atoms with Gasteiger partial charge in [-0.15, -0.1) is 0 Å². The van der Waals surface area contributed by atoms with Gasteiger partial charge < -0.3 is 11.5 Å². The van der Waals surface area contributed by atoms with Crippen LogP contribution in [-0.2, 0) is 0 Å². The van der Waals surface area contributed by atoms with Gasteiger partial charge in [-0.2, -0.15) is 0 Å². The molecule has 4 N–H and O–H groups in total. The molecule has 2 aromatic heterocycles. The van der Waals surface area contributed by atoms with Crippen molar-refractivity contribution in [2.24, 2.45) is 5.73 Å². The number of carbonyl (C=O) groups is 1. The number of nitrogens with zero attached hydrogens (tertiary/aromatic N) is 2. The molecule has 0 unspecified atom stereocenters. The molecule has 7 heteroatoms. The number of primary amides is 1. The maximum atomic E-state index is 11.2. The van der Waals surface area contributed by atoms with Crippen molar-refractivity contribution in [1.82, 2.24) is 9.97 Å². The summed E-state index contributed by atoms with van der Waals surface area (Å²) in [6.07, 6.45) is 3.10. The molecule has 0 radical (unpaired) electrons. The van der Waals surface area contributed by atoms with Crippen molar-refractivity contribution < 1.29 is 4.79 Å². The standard InChI is InChI=1S/C11H9BrN4OS/c12-7-2-1-3-15-11(7)18-9-4-6(10(14)17)8(13)5-16-9/h1-5H,13H2,(H2,14,17). The Morgan fingerprint density at radius 2 is 2.17 bits per heavy atom. The Kier molecular flexibility index (Phi) is 3.83. The molecular weight excluding hydrogens is 316 g/mol. The van der Waals surface area contributed by atoms with E-state index in [1.54, 1.807) is 12.3 Å². The zero-order valence-electron chi connectivity index (χ0n) is 9.13. The lowest BCUT2D eigenvalue weighted by Gasteiger charge is -2.05. The molecule has 5 nitrogen and oxygen atoms in total. The number of hydrogen-bond acceptors (Lipinski definition) is 5. The molecule has 0 saturated heterocycles. The number of amides is 1. The lowest BCUT2D eigenvalue weighted by molar-refractivity contribution is 0.100. The zero-order chi connectivity index (χ0) is 13.1. The number of nitrogen functional groups attached to an aromatic ring is 1. The Morgan fingerprint density at radius 1 is 1.39 bits per heavy atom. The smallest absolute Gasteiger partial charge is 0.250 e. The molecule has 0 aliphatic carbocycles. The average molecular weight is 325 g/mol. The van der Waals surface area contributed by atoms with Gasteiger partial charge in [-0.1, -0.05) is 0 Å². The third-order valence-corrected chi connectivity index (χ3v) is 3.95. The zero-order valence-corrected chi connectivity index (χ0v) is 11.5. The summed E-state index contributed by atoms with van der Waals surface area (Å²) < 4.78 is 0.856. The van der Waals surface area contributed by atoms with E-state index in [1.807, 2.05) is 12.1 Å². The van der Waals surface area contributed by atoms with Gasteiger partial charge in [0.15, 0.2) is 0 Å². The lowest BCUT2D eigenvalue weighted by Crippen LogP contribution is -2.13. The number of pyridine rings is 2. The van der Waals surface area contributed by atoms with Crippen LogP contribution in [0.25, 0.3) is 0 Å². The van der Waals surface area contributed by atoms with Crippen LogP contribution in [-0.4, -0.2) is 15.9 Å². The molecule has 0 fully saturated rings. The Morgan fingerprint density at radius 3 is 2.83 bits per heavy atom. The van der Waals surface area contributed by atoms with Crippen molar-refractivity contribution in [3.8, 4) is 0 Å². The first kappa shape index (κ1) is 12.8. The summed E-state index contributed by atoms with van der Waals surface area (Å²) in [5.41, 5.74) is 11.4. The van der Waals surface area contributed by atoms with Crippen molar-refractivity contribution in [2.45, 2.75) is 10.1 Å². The largest absolute Gasteiger partial charge is 0.397 e. The number of hydrogen-bond donors (Lipinski definition) is 2. The van der Waals surface area contributed by atoms with Crippen molar-refractivity contribution in [1.29, 1.82) is 0 Å². The second kappa shape index (κ2) is 5.36. The van der Waals surface area contributed by atoms with E-state index in [2.05, 4.69) is 25.9 Å². The van der Waals surface area contributed by atoms with Gasteiger partial charge >= 0.3 is 0 Å². The maximum Gasteiger partial charge on any atom is 0.250 e. The van der Waals surface area contributed by atoms with Gasteiger partial charge in [0.1, 0.15) is 10.1 Å². The van der Waals surface area contributed by atoms with Crippen LogP contribution in [0, 0.1) is 0 Å². The van der Waals surface area contributed by atoms with Crippen LogP contribution in [0.4, 0.5) is 5.69 Å². The number of nitrogens with two attached hydrogens (primary N) is 2. The van der Waals surface area contributed by atoms with Crippen LogP contribution in [0.5, 0.6) is 0 Å². The summed E-state index contributed by atoms with van der Waals surface area (Å²) in [6, 6.07) is 5.25. The fourth-order valence-electron chi connectivity index (χ4n) is 1.26. The Hall–Kier alpha value is -1.60. The summed E-state index contributed by atoms with van der Waals surface area (Å²) in [5, 5.41) is 1.36. The van der Waals surface area contributed by atoms with Gasteiger partial charge in [0, 0.05) is 6.20 Å². The maximum absolute atomic E-state index is 11.2. The van der Waals surface area contributed by atoms with Crippen molar-refractivity contribution in [2.75, 3.05) is 5.73 Å². The third kappa shape index (κ3) is 2.80. The quantitative estimate of drug-likeness (QED) is 0.901. The Bertz CT molecular complexity index is 605. The minimum atomic E-state index is -0.572. The van der Waals surface area contributed by atoms with E-state index in [9.17, 15) is 4.79 Å². The molecule has 18 heavy (non-hydrogen) atoms. The third-order valence-electron chi connectivity index (χ3n) is 2.10. The molecule has 2 aromatic rings. The van der Waals surface area contributed by atoms with E-state index in [0.717, 1.165) is 9.50 Å². The summed E-state index contributed by atoms with van der Waals surface area (Å²) >= 11 is 4.71. The molecule has 2 rings (SSSR count). The van der Waals surface area contributed by atoms with Crippen molar-refractivity contribution in [3.05, 3.63) is 40.6 Å². The van der Waals surface area contributed by atoms with Gasteiger partial charge in [-0.3, -0.25) is 4.79 Å². The number of anilines is 1. The fraction of sp³-hybridized carbons (Fsp3) is 0. The van der Waals surface area contributed by atoms with Crippen LogP contribution < -0.4 is 11.5 Å². The summed E-state index contributed by atoms with van der Waals surface area (Å²) in [7, 11) is 0. The first-order valence-corrected chi connectivity index (χ1v) is 6.52.